The van der Waals surface area contributed by atoms with E-state index in [9.17, 15) is 5.11 Å². The molecule has 0 aliphatic rings. The van der Waals surface area contributed by atoms with Crippen LogP contribution in [0, 0.1) is 0 Å². The van der Waals surface area contributed by atoms with Crippen LogP contribution in [0.3, 0.4) is 0 Å². The number of para-hydroxylation sites is 1. The molecule has 37 heavy (non-hydrogen) atoms. The summed E-state index contributed by atoms with van der Waals surface area (Å²) in [6.45, 7) is 1.93. The van der Waals surface area contributed by atoms with E-state index in [0.717, 1.165) is 30.7 Å². The molecule has 0 spiro atoms. The molecule has 192 valence electrons. The van der Waals surface area contributed by atoms with Crippen molar-refractivity contribution in [3.63, 3.8) is 0 Å². The average Bonchev–Trinajstić information content (AvgIpc) is 2.96. The van der Waals surface area contributed by atoms with E-state index < -0.39 is 6.10 Å². The normalized spacial score (nSPS) is 12.8. The third-order valence-electron chi connectivity index (χ3n) is 6.87. The minimum Gasteiger partial charge on any atom is -0.496 e. The van der Waals surface area contributed by atoms with Crippen molar-refractivity contribution in [2.45, 2.75) is 37.5 Å². The van der Waals surface area contributed by atoms with Crippen LogP contribution in [0.15, 0.2) is 115 Å². The van der Waals surface area contributed by atoms with E-state index in [1.165, 1.54) is 16.7 Å². The van der Waals surface area contributed by atoms with Crippen molar-refractivity contribution in [1.82, 2.24) is 10.6 Å². The lowest BCUT2D eigenvalue weighted by Gasteiger charge is -2.26. The summed E-state index contributed by atoms with van der Waals surface area (Å²) in [5.41, 5.74) is 4.92. The van der Waals surface area contributed by atoms with E-state index in [0.29, 0.717) is 19.0 Å². The molecule has 0 fully saturated rings. The Balaban J connectivity index is 1.40. The van der Waals surface area contributed by atoms with Gasteiger partial charge in [-0.15, -0.1) is 0 Å². The first kappa shape index (κ1) is 26.6. The monoisotopic (exact) mass is 494 g/mol. The van der Waals surface area contributed by atoms with E-state index >= 15 is 0 Å². The van der Waals surface area contributed by atoms with Crippen LogP contribution in [0.25, 0.3) is 0 Å². The van der Waals surface area contributed by atoms with Crippen LogP contribution < -0.4 is 15.4 Å². The van der Waals surface area contributed by atoms with Crippen LogP contribution in [-0.4, -0.2) is 37.5 Å². The van der Waals surface area contributed by atoms with Gasteiger partial charge in [0, 0.05) is 30.6 Å². The third kappa shape index (κ3) is 8.02. The summed E-state index contributed by atoms with van der Waals surface area (Å²) in [4.78, 5) is 0. The zero-order valence-corrected chi connectivity index (χ0v) is 21.6. The van der Waals surface area contributed by atoms with E-state index in [4.69, 9.17) is 4.74 Å². The molecule has 4 aromatic rings. The Morgan fingerprint density at radius 2 is 1.30 bits per heavy atom. The predicted octanol–water partition coefficient (Wildman–Crippen LogP) is 5.57. The van der Waals surface area contributed by atoms with Gasteiger partial charge in [0.25, 0.3) is 0 Å². The summed E-state index contributed by atoms with van der Waals surface area (Å²) >= 11 is 0. The molecule has 4 nitrogen and oxygen atoms in total. The second-order valence-corrected chi connectivity index (χ2v) is 9.42. The van der Waals surface area contributed by atoms with Crippen LogP contribution in [-0.2, 0) is 13.0 Å². The van der Waals surface area contributed by atoms with Crippen LogP contribution in [0.1, 0.15) is 34.6 Å². The number of aliphatic hydroxyl groups excluding tert-OH is 1. The Kier molecular flexibility index (Phi) is 10.3. The average molecular weight is 495 g/mol. The van der Waals surface area contributed by atoms with Gasteiger partial charge in [-0.05, 0) is 42.1 Å². The van der Waals surface area contributed by atoms with E-state index in [1.54, 1.807) is 7.11 Å². The van der Waals surface area contributed by atoms with Crippen molar-refractivity contribution < 1.29 is 9.84 Å². The van der Waals surface area contributed by atoms with Gasteiger partial charge in [-0.1, -0.05) is 109 Å². The smallest absolute Gasteiger partial charge is 0.123 e. The van der Waals surface area contributed by atoms with E-state index in [2.05, 4.69) is 95.6 Å². The molecule has 0 heterocycles. The Hall–Kier alpha value is -3.44. The van der Waals surface area contributed by atoms with Gasteiger partial charge in [0.1, 0.15) is 5.75 Å². The number of benzene rings is 4. The molecule has 4 aromatic carbocycles. The molecule has 0 amide bonds. The molecule has 4 rings (SSSR count). The van der Waals surface area contributed by atoms with Gasteiger partial charge < -0.3 is 20.5 Å². The fraction of sp³-hybridized carbons (Fsp3) is 0.273. The first-order valence-electron chi connectivity index (χ1n) is 13.1. The van der Waals surface area contributed by atoms with Gasteiger partial charge in [0.2, 0.25) is 0 Å². The maximum absolute atomic E-state index is 11.2. The standard InChI is InChI=1S/C33H38N2O2/c1-37-33-20-12-11-19-29(33)24-34-25-32(36)31(23-26-13-5-2-6-14-26)35-22-21-30(27-15-7-3-8-16-27)28-17-9-4-10-18-28/h2-20,30-32,34-36H,21-25H2,1H3/t31-,32-/m0/s1. The van der Waals surface area contributed by atoms with E-state index in [1.807, 2.05) is 30.3 Å². The highest BCUT2D eigenvalue weighted by Crippen LogP contribution is 2.27. The SMILES string of the molecule is COc1ccccc1CNC[C@H](O)[C@H](Cc1ccccc1)NCCC(c1ccccc1)c1ccccc1. The van der Waals surface area contributed by atoms with Gasteiger partial charge in [-0.3, -0.25) is 0 Å². The lowest BCUT2D eigenvalue weighted by molar-refractivity contribution is 0.124. The van der Waals surface area contributed by atoms with Crippen molar-refractivity contribution in [3.05, 3.63) is 138 Å². The molecule has 0 bridgehead atoms. The minimum atomic E-state index is -0.540. The maximum atomic E-state index is 11.2. The van der Waals surface area contributed by atoms with Crippen LogP contribution in [0.2, 0.25) is 0 Å². The zero-order chi connectivity index (χ0) is 25.7. The molecule has 2 atom stereocenters. The number of aliphatic hydroxyl groups is 1. The Labute approximate surface area is 221 Å². The van der Waals surface area contributed by atoms with Crippen molar-refractivity contribution in [2.24, 2.45) is 0 Å². The second-order valence-electron chi connectivity index (χ2n) is 9.42. The number of methoxy groups -OCH3 is 1. The molecule has 0 saturated carbocycles. The quantitative estimate of drug-likeness (QED) is 0.215. The number of rotatable bonds is 14. The predicted molar refractivity (Wildman–Crippen MR) is 152 cm³/mol. The topological polar surface area (TPSA) is 53.5 Å². The van der Waals surface area contributed by atoms with Gasteiger partial charge in [0.15, 0.2) is 0 Å². The number of ether oxygens (including phenoxy) is 1. The van der Waals surface area contributed by atoms with Crippen molar-refractivity contribution >= 4 is 0 Å². The van der Waals surface area contributed by atoms with Crippen molar-refractivity contribution in [1.29, 1.82) is 0 Å². The Bertz CT molecular complexity index is 1130. The van der Waals surface area contributed by atoms with E-state index in [-0.39, 0.29) is 6.04 Å². The molecule has 0 saturated heterocycles. The molecule has 0 aliphatic heterocycles. The number of nitrogens with one attached hydrogen (secondary N) is 2. The molecular formula is C33H38N2O2. The van der Waals surface area contributed by atoms with Crippen LogP contribution in [0.4, 0.5) is 0 Å². The highest BCUT2D eigenvalue weighted by molar-refractivity contribution is 5.33. The fourth-order valence-electron chi connectivity index (χ4n) is 4.87. The Morgan fingerprint density at radius 1 is 0.730 bits per heavy atom. The fourth-order valence-corrected chi connectivity index (χ4v) is 4.87. The summed E-state index contributed by atoms with van der Waals surface area (Å²) in [5, 5.41) is 18.3. The molecule has 4 heteroatoms. The highest BCUT2D eigenvalue weighted by atomic mass is 16.5. The van der Waals surface area contributed by atoms with Crippen LogP contribution in [0.5, 0.6) is 5.75 Å². The Morgan fingerprint density at radius 3 is 1.92 bits per heavy atom. The summed E-state index contributed by atoms with van der Waals surface area (Å²) in [7, 11) is 1.69. The molecule has 0 aliphatic carbocycles. The summed E-state index contributed by atoms with van der Waals surface area (Å²) in [6, 6.07) is 39.7. The zero-order valence-electron chi connectivity index (χ0n) is 21.6. The molecule has 0 aromatic heterocycles. The third-order valence-corrected chi connectivity index (χ3v) is 6.87. The van der Waals surface area contributed by atoms with Gasteiger partial charge in [-0.25, -0.2) is 0 Å². The number of hydrogen-bond donors (Lipinski definition) is 3. The molecule has 3 N–H and O–H groups in total. The minimum absolute atomic E-state index is 0.0697. The lowest BCUT2D eigenvalue weighted by atomic mass is 9.88. The van der Waals surface area contributed by atoms with Crippen LogP contribution >= 0.6 is 0 Å². The highest BCUT2D eigenvalue weighted by Gasteiger charge is 2.21. The summed E-state index contributed by atoms with van der Waals surface area (Å²) < 4.78 is 5.46. The maximum Gasteiger partial charge on any atom is 0.123 e. The second kappa shape index (κ2) is 14.3. The summed E-state index contributed by atoms with van der Waals surface area (Å²) in [6.07, 6.45) is 1.17. The first-order chi connectivity index (χ1) is 18.2. The number of hydrogen-bond acceptors (Lipinski definition) is 4. The molecular weight excluding hydrogens is 456 g/mol. The lowest BCUT2D eigenvalue weighted by Crippen LogP contribution is -2.46. The van der Waals surface area contributed by atoms with Crippen molar-refractivity contribution in [2.75, 3.05) is 20.2 Å². The molecule has 0 radical (unpaired) electrons. The molecule has 0 unspecified atom stereocenters. The first-order valence-corrected chi connectivity index (χ1v) is 13.1. The van der Waals surface area contributed by atoms with Gasteiger partial charge in [-0.2, -0.15) is 0 Å². The largest absolute Gasteiger partial charge is 0.496 e. The van der Waals surface area contributed by atoms with Gasteiger partial charge >= 0.3 is 0 Å². The van der Waals surface area contributed by atoms with Crippen molar-refractivity contribution in [3.8, 4) is 5.75 Å². The van der Waals surface area contributed by atoms with Gasteiger partial charge in [0.05, 0.1) is 13.2 Å². The summed E-state index contributed by atoms with van der Waals surface area (Å²) in [5.74, 6) is 1.16.